The topological polar surface area (TPSA) is 39.3 Å². The molecule has 0 bridgehead atoms. The number of nitrogens with one attached hydrogen (secondary N) is 1. The summed E-state index contributed by atoms with van der Waals surface area (Å²) in [6.45, 7) is 3.03. The number of aromatic nitrogens is 1. The number of H-pyrrole nitrogens is 1. The molecule has 0 saturated carbocycles. The molecule has 1 aliphatic heterocycles. The number of likely N-dealkylation sites (N-methyl/N-ethyl adjacent to an activating group) is 1. The molecule has 19 heavy (non-hydrogen) atoms. The highest BCUT2D eigenvalue weighted by Crippen LogP contribution is 2.44. The standard InChI is InChI=1S/C16H18N2O/c1-10-7-16(19)12-4-3-5-13-15(12)11(8-17-13)6-14(16)18(2)9-10/h3-5,7-8,14,17,19H,6,9H2,1-2H3/t14-,16+/m0/s1. The van der Waals surface area contributed by atoms with Crippen molar-refractivity contribution >= 4 is 10.9 Å². The zero-order valence-electron chi connectivity index (χ0n) is 11.3. The summed E-state index contributed by atoms with van der Waals surface area (Å²) in [4.78, 5) is 5.59. The molecule has 0 fully saturated rings. The number of hydrogen-bond donors (Lipinski definition) is 2. The van der Waals surface area contributed by atoms with E-state index in [0.29, 0.717) is 0 Å². The van der Waals surface area contributed by atoms with Gasteiger partial charge in [-0.05, 0) is 43.7 Å². The van der Waals surface area contributed by atoms with Crippen molar-refractivity contribution in [3.05, 3.63) is 47.2 Å². The Morgan fingerprint density at radius 1 is 1.42 bits per heavy atom. The Balaban J connectivity index is 2.06. The lowest BCUT2D eigenvalue weighted by atomic mass is 9.73. The van der Waals surface area contributed by atoms with Gasteiger partial charge in [0.25, 0.3) is 0 Å². The average Bonchev–Trinajstić information content (AvgIpc) is 2.76. The lowest BCUT2D eigenvalue weighted by Gasteiger charge is -2.46. The van der Waals surface area contributed by atoms with Crippen LogP contribution in [0.4, 0.5) is 0 Å². The largest absolute Gasteiger partial charge is 0.379 e. The molecule has 98 valence electrons. The van der Waals surface area contributed by atoms with Gasteiger partial charge < -0.3 is 10.1 Å². The summed E-state index contributed by atoms with van der Waals surface area (Å²) in [7, 11) is 2.10. The van der Waals surface area contributed by atoms with Crippen molar-refractivity contribution < 1.29 is 5.11 Å². The van der Waals surface area contributed by atoms with Gasteiger partial charge in [0.2, 0.25) is 0 Å². The number of aromatic amines is 1. The van der Waals surface area contributed by atoms with Gasteiger partial charge in [0.1, 0.15) is 5.60 Å². The monoisotopic (exact) mass is 254 g/mol. The van der Waals surface area contributed by atoms with Gasteiger partial charge in [0, 0.05) is 23.6 Å². The van der Waals surface area contributed by atoms with Gasteiger partial charge in [-0.25, -0.2) is 0 Å². The molecule has 0 spiro atoms. The van der Waals surface area contributed by atoms with Crippen LogP contribution in [0.3, 0.4) is 0 Å². The van der Waals surface area contributed by atoms with Gasteiger partial charge in [-0.1, -0.05) is 17.7 Å². The second-order valence-corrected chi connectivity index (χ2v) is 5.99. The Morgan fingerprint density at radius 3 is 3.11 bits per heavy atom. The van der Waals surface area contributed by atoms with Crippen LogP contribution in [-0.2, 0) is 12.0 Å². The molecule has 2 N–H and O–H groups in total. The first-order chi connectivity index (χ1) is 9.09. The molecule has 2 atom stereocenters. The highest BCUT2D eigenvalue weighted by molar-refractivity contribution is 5.89. The van der Waals surface area contributed by atoms with Gasteiger partial charge >= 0.3 is 0 Å². The maximum atomic E-state index is 11.3. The summed E-state index contributed by atoms with van der Waals surface area (Å²) in [5.41, 5.74) is 3.87. The van der Waals surface area contributed by atoms with E-state index in [-0.39, 0.29) is 6.04 Å². The van der Waals surface area contributed by atoms with E-state index in [9.17, 15) is 5.11 Å². The maximum Gasteiger partial charge on any atom is 0.124 e. The van der Waals surface area contributed by atoms with Gasteiger partial charge in [0.05, 0.1) is 6.04 Å². The molecular weight excluding hydrogens is 236 g/mol. The van der Waals surface area contributed by atoms with Crippen molar-refractivity contribution in [3.63, 3.8) is 0 Å². The summed E-state index contributed by atoms with van der Waals surface area (Å²) in [6.07, 6.45) is 5.04. The van der Waals surface area contributed by atoms with Crippen LogP contribution in [-0.4, -0.2) is 34.6 Å². The summed E-state index contributed by atoms with van der Waals surface area (Å²) >= 11 is 0. The van der Waals surface area contributed by atoms with Crippen LogP contribution in [0.25, 0.3) is 10.9 Å². The number of aliphatic hydroxyl groups is 1. The third kappa shape index (κ3) is 1.34. The quantitative estimate of drug-likeness (QED) is 0.707. The van der Waals surface area contributed by atoms with E-state index >= 15 is 0 Å². The molecule has 3 heteroatoms. The molecule has 3 nitrogen and oxygen atoms in total. The molecule has 1 aliphatic carbocycles. The van der Waals surface area contributed by atoms with E-state index in [4.69, 9.17) is 0 Å². The van der Waals surface area contributed by atoms with E-state index < -0.39 is 5.60 Å². The smallest absolute Gasteiger partial charge is 0.124 e. The SMILES string of the molecule is CC1=C[C@@]2(O)c3cccc4[nH]cc(c34)C[C@@H]2N(C)C1. The Labute approximate surface area is 112 Å². The first-order valence-corrected chi connectivity index (χ1v) is 6.80. The Morgan fingerprint density at radius 2 is 2.26 bits per heavy atom. The van der Waals surface area contributed by atoms with Gasteiger partial charge in [-0.2, -0.15) is 0 Å². The van der Waals surface area contributed by atoms with Crippen LogP contribution in [0.5, 0.6) is 0 Å². The molecule has 2 aliphatic rings. The first kappa shape index (κ1) is 11.3. The minimum Gasteiger partial charge on any atom is -0.379 e. The summed E-state index contributed by atoms with van der Waals surface area (Å²) < 4.78 is 0. The molecular formula is C16H18N2O. The molecule has 4 rings (SSSR count). The van der Waals surface area contributed by atoms with Crippen molar-refractivity contribution in [2.45, 2.75) is 25.0 Å². The van der Waals surface area contributed by atoms with Crippen LogP contribution in [0.2, 0.25) is 0 Å². The first-order valence-electron chi connectivity index (χ1n) is 6.80. The third-order valence-corrected chi connectivity index (χ3v) is 4.64. The van der Waals surface area contributed by atoms with Crippen LogP contribution in [0.1, 0.15) is 18.1 Å². The zero-order chi connectivity index (χ0) is 13.2. The molecule has 2 aromatic rings. The lowest BCUT2D eigenvalue weighted by Crippen LogP contribution is -2.54. The van der Waals surface area contributed by atoms with Crippen LogP contribution < -0.4 is 0 Å². The van der Waals surface area contributed by atoms with Gasteiger partial charge in [-0.15, -0.1) is 0 Å². The van der Waals surface area contributed by atoms with Crippen LogP contribution in [0, 0.1) is 0 Å². The Hall–Kier alpha value is -1.58. The predicted octanol–water partition coefficient (Wildman–Crippen LogP) is 2.17. The number of fused-ring (bicyclic) bond motifs is 2. The molecule has 0 amide bonds. The summed E-state index contributed by atoms with van der Waals surface area (Å²) in [5.74, 6) is 0. The number of benzene rings is 1. The molecule has 1 aromatic heterocycles. The highest BCUT2D eigenvalue weighted by Gasteiger charge is 2.46. The summed E-state index contributed by atoms with van der Waals surface area (Å²) in [5, 5.41) is 12.5. The second-order valence-electron chi connectivity index (χ2n) is 5.99. The molecule has 0 saturated heterocycles. The fourth-order valence-electron chi connectivity index (χ4n) is 3.88. The maximum absolute atomic E-state index is 11.3. The molecule has 2 heterocycles. The molecule has 0 unspecified atom stereocenters. The predicted molar refractivity (Wildman–Crippen MR) is 76.1 cm³/mol. The number of rotatable bonds is 0. The van der Waals surface area contributed by atoms with Crippen molar-refractivity contribution in [2.75, 3.05) is 13.6 Å². The Kier molecular flexibility index (Phi) is 2.07. The van der Waals surface area contributed by atoms with Crippen molar-refractivity contribution in [2.24, 2.45) is 0 Å². The van der Waals surface area contributed by atoms with Crippen molar-refractivity contribution in [1.82, 2.24) is 9.88 Å². The minimum atomic E-state index is -0.855. The van der Waals surface area contributed by atoms with Crippen molar-refractivity contribution in [1.29, 1.82) is 0 Å². The zero-order valence-corrected chi connectivity index (χ0v) is 11.3. The average molecular weight is 254 g/mol. The van der Waals surface area contributed by atoms with E-state index in [1.165, 1.54) is 16.5 Å². The van der Waals surface area contributed by atoms with E-state index in [1.54, 1.807) is 0 Å². The van der Waals surface area contributed by atoms with Crippen LogP contribution in [0.15, 0.2) is 36.0 Å². The fraction of sp³-hybridized carbons (Fsp3) is 0.375. The normalized spacial score (nSPS) is 30.3. The fourth-order valence-corrected chi connectivity index (χ4v) is 3.88. The van der Waals surface area contributed by atoms with E-state index in [1.807, 2.05) is 6.07 Å². The lowest BCUT2D eigenvalue weighted by molar-refractivity contribution is -0.0139. The van der Waals surface area contributed by atoms with Crippen LogP contribution >= 0.6 is 0 Å². The van der Waals surface area contributed by atoms with Gasteiger partial charge in [-0.3, -0.25) is 4.90 Å². The Bertz CT molecular complexity index is 700. The van der Waals surface area contributed by atoms with E-state index in [2.05, 4.69) is 48.3 Å². The minimum absolute atomic E-state index is 0.130. The third-order valence-electron chi connectivity index (χ3n) is 4.64. The van der Waals surface area contributed by atoms with Gasteiger partial charge in [0.15, 0.2) is 0 Å². The second kappa shape index (κ2) is 3.50. The highest BCUT2D eigenvalue weighted by atomic mass is 16.3. The molecule has 0 radical (unpaired) electrons. The van der Waals surface area contributed by atoms with Crippen molar-refractivity contribution in [3.8, 4) is 0 Å². The summed E-state index contributed by atoms with van der Waals surface area (Å²) in [6, 6.07) is 6.30. The number of hydrogen-bond acceptors (Lipinski definition) is 2. The number of nitrogens with zero attached hydrogens (tertiary/aromatic N) is 1. The van der Waals surface area contributed by atoms with E-state index in [0.717, 1.165) is 24.0 Å². The molecule has 1 aromatic carbocycles.